The number of hydrogen-bond donors (Lipinski definition) is 1. The Labute approximate surface area is 171 Å². The van der Waals surface area contributed by atoms with Crippen LogP contribution < -0.4 is 19.7 Å². The second-order valence-corrected chi connectivity index (χ2v) is 7.30. The summed E-state index contributed by atoms with van der Waals surface area (Å²) in [5, 5.41) is 2.91. The minimum Gasteiger partial charge on any atom is -0.495 e. The lowest BCUT2D eigenvalue weighted by molar-refractivity contribution is -0.122. The number of rotatable bonds is 8. The highest BCUT2D eigenvalue weighted by Crippen LogP contribution is 2.34. The van der Waals surface area contributed by atoms with Crippen LogP contribution in [-0.2, 0) is 9.59 Å². The lowest BCUT2D eigenvalue weighted by Gasteiger charge is -2.20. The van der Waals surface area contributed by atoms with Gasteiger partial charge in [0.1, 0.15) is 11.5 Å². The molecule has 1 heterocycles. The van der Waals surface area contributed by atoms with E-state index >= 15 is 0 Å². The Balaban J connectivity index is 1.63. The normalized spacial score (nSPS) is 16.0. The molecule has 0 radical (unpaired) electrons. The highest BCUT2D eigenvalue weighted by Gasteiger charge is 2.36. The van der Waals surface area contributed by atoms with Gasteiger partial charge in [-0.15, -0.1) is 0 Å². The van der Waals surface area contributed by atoms with Gasteiger partial charge in [-0.3, -0.25) is 9.59 Å². The molecule has 0 saturated carbocycles. The fraction of sp³-hybridized carbons (Fsp3) is 0.391. The van der Waals surface area contributed by atoms with Crippen molar-refractivity contribution >= 4 is 23.2 Å². The topological polar surface area (TPSA) is 67.9 Å². The molecule has 2 amide bonds. The van der Waals surface area contributed by atoms with Crippen LogP contribution in [0, 0.1) is 12.8 Å². The summed E-state index contributed by atoms with van der Waals surface area (Å²) in [6, 6.07) is 13.0. The smallest absolute Gasteiger partial charge is 0.229 e. The predicted molar refractivity (Wildman–Crippen MR) is 114 cm³/mol. The van der Waals surface area contributed by atoms with Crippen molar-refractivity contribution in [3.8, 4) is 11.5 Å². The van der Waals surface area contributed by atoms with Crippen LogP contribution in [0.1, 0.15) is 31.7 Å². The molecule has 2 aromatic rings. The van der Waals surface area contributed by atoms with Gasteiger partial charge in [0, 0.05) is 18.7 Å². The van der Waals surface area contributed by atoms with E-state index in [0.717, 1.165) is 24.2 Å². The van der Waals surface area contributed by atoms with Crippen LogP contribution in [0.25, 0.3) is 0 Å². The van der Waals surface area contributed by atoms with E-state index in [4.69, 9.17) is 9.47 Å². The fourth-order valence-electron chi connectivity index (χ4n) is 3.34. The van der Waals surface area contributed by atoms with Gasteiger partial charge in [-0.1, -0.05) is 19.4 Å². The summed E-state index contributed by atoms with van der Waals surface area (Å²) in [5.74, 6) is 0.767. The van der Waals surface area contributed by atoms with Crippen molar-refractivity contribution in [2.75, 3.05) is 30.5 Å². The number of methoxy groups -OCH3 is 1. The van der Waals surface area contributed by atoms with Gasteiger partial charge in [0.05, 0.1) is 25.3 Å². The van der Waals surface area contributed by atoms with Gasteiger partial charge in [0.15, 0.2) is 0 Å². The van der Waals surface area contributed by atoms with Crippen molar-refractivity contribution < 1.29 is 19.1 Å². The number of hydrogen-bond acceptors (Lipinski definition) is 4. The molecule has 1 saturated heterocycles. The lowest BCUT2D eigenvalue weighted by Crippen LogP contribution is -2.28. The van der Waals surface area contributed by atoms with E-state index in [1.54, 1.807) is 12.0 Å². The standard InChI is InChI=1S/C23H28N2O4/c1-4-5-12-29-19-9-7-18(8-10-19)24-23(27)17-14-22(26)25(15-17)20-13-16(2)6-11-21(20)28-3/h6-11,13,17H,4-5,12,14-15H2,1-3H3,(H,24,27). The number of nitrogens with one attached hydrogen (secondary N) is 1. The van der Waals surface area contributed by atoms with Gasteiger partial charge in [-0.2, -0.15) is 0 Å². The maximum atomic E-state index is 12.7. The highest BCUT2D eigenvalue weighted by molar-refractivity contribution is 6.04. The van der Waals surface area contributed by atoms with Gasteiger partial charge in [0.2, 0.25) is 11.8 Å². The van der Waals surface area contributed by atoms with Crippen molar-refractivity contribution in [3.05, 3.63) is 48.0 Å². The minimum atomic E-state index is -0.409. The molecule has 154 valence electrons. The second kappa shape index (κ2) is 9.45. The first-order valence-corrected chi connectivity index (χ1v) is 10.0. The fourth-order valence-corrected chi connectivity index (χ4v) is 3.34. The molecular weight excluding hydrogens is 368 g/mol. The molecule has 6 nitrogen and oxygen atoms in total. The van der Waals surface area contributed by atoms with Gasteiger partial charge in [0.25, 0.3) is 0 Å². The second-order valence-electron chi connectivity index (χ2n) is 7.30. The Morgan fingerprint density at radius 3 is 2.66 bits per heavy atom. The van der Waals surface area contributed by atoms with E-state index in [2.05, 4.69) is 12.2 Å². The SMILES string of the molecule is CCCCOc1ccc(NC(=O)C2CC(=O)N(c3cc(C)ccc3OC)C2)cc1. The molecule has 1 fully saturated rings. The molecule has 6 heteroatoms. The highest BCUT2D eigenvalue weighted by atomic mass is 16.5. The van der Waals surface area contributed by atoms with Crippen LogP contribution in [-0.4, -0.2) is 32.1 Å². The number of nitrogens with zero attached hydrogens (tertiary/aromatic N) is 1. The Morgan fingerprint density at radius 1 is 1.21 bits per heavy atom. The lowest BCUT2D eigenvalue weighted by atomic mass is 10.1. The van der Waals surface area contributed by atoms with Crippen molar-refractivity contribution in [2.24, 2.45) is 5.92 Å². The summed E-state index contributed by atoms with van der Waals surface area (Å²) in [6.07, 6.45) is 2.28. The molecule has 1 N–H and O–H groups in total. The predicted octanol–water partition coefficient (Wildman–Crippen LogP) is 4.17. The zero-order valence-electron chi connectivity index (χ0n) is 17.2. The number of aryl methyl sites for hydroxylation is 1. The maximum Gasteiger partial charge on any atom is 0.229 e. The maximum absolute atomic E-state index is 12.7. The molecule has 29 heavy (non-hydrogen) atoms. The number of carbonyl (C=O) groups is 2. The van der Waals surface area contributed by atoms with E-state index < -0.39 is 5.92 Å². The number of benzene rings is 2. The van der Waals surface area contributed by atoms with Gasteiger partial charge in [-0.05, 0) is 55.3 Å². The number of amides is 2. The molecule has 1 aliphatic heterocycles. The molecule has 1 atom stereocenters. The summed E-state index contributed by atoms with van der Waals surface area (Å²) in [5.41, 5.74) is 2.43. The largest absolute Gasteiger partial charge is 0.495 e. The first kappa shape index (κ1) is 20.7. The number of unbranched alkanes of at least 4 members (excludes halogenated alkanes) is 1. The molecule has 3 rings (SSSR count). The molecule has 0 spiro atoms. The summed E-state index contributed by atoms with van der Waals surface area (Å²) in [7, 11) is 1.58. The third-order valence-electron chi connectivity index (χ3n) is 5.01. The van der Waals surface area contributed by atoms with Crippen molar-refractivity contribution in [1.82, 2.24) is 0 Å². The molecule has 0 bridgehead atoms. The van der Waals surface area contributed by atoms with Gasteiger partial charge >= 0.3 is 0 Å². The monoisotopic (exact) mass is 396 g/mol. The Hall–Kier alpha value is -3.02. The third-order valence-corrected chi connectivity index (χ3v) is 5.01. The first-order valence-electron chi connectivity index (χ1n) is 10.0. The Kier molecular flexibility index (Phi) is 6.75. The molecular formula is C23H28N2O4. The summed E-state index contributed by atoms with van der Waals surface area (Å²) in [4.78, 5) is 26.9. The van der Waals surface area contributed by atoms with Crippen LogP contribution in [0.4, 0.5) is 11.4 Å². The van der Waals surface area contributed by atoms with Crippen LogP contribution in [0.15, 0.2) is 42.5 Å². The average molecular weight is 396 g/mol. The molecule has 0 aliphatic carbocycles. The van der Waals surface area contributed by atoms with Crippen molar-refractivity contribution in [1.29, 1.82) is 0 Å². The zero-order valence-corrected chi connectivity index (χ0v) is 17.2. The summed E-state index contributed by atoms with van der Waals surface area (Å²) in [6.45, 7) is 5.10. The van der Waals surface area contributed by atoms with E-state index in [1.807, 2.05) is 49.4 Å². The summed E-state index contributed by atoms with van der Waals surface area (Å²) < 4.78 is 11.0. The van der Waals surface area contributed by atoms with Gasteiger partial charge < -0.3 is 19.7 Å². The third kappa shape index (κ3) is 5.08. The molecule has 1 unspecified atom stereocenters. The zero-order chi connectivity index (χ0) is 20.8. The Morgan fingerprint density at radius 2 is 1.97 bits per heavy atom. The Bertz CT molecular complexity index is 864. The van der Waals surface area contributed by atoms with Crippen LogP contribution >= 0.6 is 0 Å². The van der Waals surface area contributed by atoms with E-state index in [9.17, 15) is 9.59 Å². The first-order chi connectivity index (χ1) is 14.0. The van der Waals surface area contributed by atoms with Crippen LogP contribution in [0.2, 0.25) is 0 Å². The van der Waals surface area contributed by atoms with Crippen LogP contribution in [0.5, 0.6) is 11.5 Å². The summed E-state index contributed by atoms with van der Waals surface area (Å²) >= 11 is 0. The quantitative estimate of drug-likeness (QED) is 0.680. The number of ether oxygens (including phenoxy) is 2. The number of anilines is 2. The van der Waals surface area contributed by atoms with Crippen LogP contribution in [0.3, 0.4) is 0 Å². The van der Waals surface area contributed by atoms with E-state index in [0.29, 0.717) is 30.3 Å². The van der Waals surface area contributed by atoms with Gasteiger partial charge in [-0.25, -0.2) is 0 Å². The molecule has 0 aromatic heterocycles. The average Bonchev–Trinajstić information content (AvgIpc) is 3.11. The minimum absolute atomic E-state index is 0.0753. The molecule has 1 aliphatic rings. The van der Waals surface area contributed by atoms with E-state index in [-0.39, 0.29) is 18.2 Å². The molecule has 2 aromatic carbocycles. The van der Waals surface area contributed by atoms with Crippen molar-refractivity contribution in [3.63, 3.8) is 0 Å². The van der Waals surface area contributed by atoms with E-state index in [1.165, 1.54) is 0 Å². The number of carbonyl (C=O) groups excluding carboxylic acids is 2. The van der Waals surface area contributed by atoms with Crippen molar-refractivity contribution in [2.45, 2.75) is 33.1 Å².